The number of hydrogen-bond donors (Lipinski definition) is 0. The number of thioether (sulfide) groups is 1. The maximum atomic E-state index is 2.52. The molecule has 0 saturated heterocycles. The van der Waals surface area contributed by atoms with E-state index in [2.05, 4.69) is 206 Å². The fraction of sp³-hybridized carbons (Fsp3) is 0.0943. The minimum absolute atomic E-state index is 0.116. The van der Waals surface area contributed by atoms with Gasteiger partial charge in [-0.25, -0.2) is 0 Å². The van der Waals surface area contributed by atoms with Gasteiger partial charge < -0.3 is 9.80 Å². The number of allylic oxidation sites excluding steroid dienone is 3. The monoisotopic (exact) mass is 768 g/mol. The Bertz CT molecular complexity index is 2780. The van der Waals surface area contributed by atoms with Crippen LogP contribution < -0.4 is 9.80 Å². The largest absolute Gasteiger partial charge is 0.312 e. The molecule has 7 aromatic carbocycles. The molecule has 0 amide bonds. The van der Waals surface area contributed by atoms with Gasteiger partial charge in [-0.3, -0.25) is 0 Å². The Morgan fingerprint density at radius 1 is 0.509 bits per heavy atom. The van der Waals surface area contributed by atoms with Crippen molar-refractivity contribution in [2.75, 3.05) is 9.80 Å². The highest BCUT2D eigenvalue weighted by Gasteiger charge is 2.37. The summed E-state index contributed by atoms with van der Waals surface area (Å²) in [6.07, 6.45) is 11.3. The van der Waals surface area contributed by atoms with Crippen LogP contribution in [0.15, 0.2) is 195 Å². The van der Waals surface area contributed by atoms with Crippen molar-refractivity contribution in [2.24, 2.45) is 0 Å². The molecule has 2 heterocycles. The highest BCUT2D eigenvalue weighted by Crippen LogP contribution is 2.54. The van der Waals surface area contributed by atoms with Crippen molar-refractivity contribution < 1.29 is 0 Å². The second kappa shape index (κ2) is 13.6. The van der Waals surface area contributed by atoms with E-state index in [1.165, 1.54) is 98.2 Å². The van der Waals surface area contributed by atoms with Gasteiger partial charge in [0.2, 0.25) is 0 Å². The van der Waals surface area contributed by atoms with E-state index < -0.39 is 0 Å². The van der Waals surface area contributed by atoms with Gasteiger partial charge in [0.25, 0.3) is 0 Å². The van der Waals surface area contributed by atoms with E-state index in [-0.39, 0.29) is 5.41 Å². The average Bonchev–Trinajstić information content (AvgIpc) is 3.48. The summed E-state index contributed by atoms with van der Waals surface area (Å²) < 4.78 is 0. The predicted octanol–water partition coefficient (Wildman–Crippen LogP) is 15.6. The predicted molar refractivity (Wildman–Crippen MR) is 243 cm³/mol. The van der Waals surface area contributed by atoms with Crippen LogP contribution in [0.1, 0.15) is 48.9 Å². The summed E-state index contributed by atoms with van der Waals surface area (Å²) in [7, 11) is 0. The molecular weight excluding hydrogens is 729 g/mol. The van der Waals surface area contributed by atoms with Crippen LogP contribution in [-0.4, -0.2) is 0 Å². The van der Waals surface area contributed by atoms with Crippen molar-refractivity contribution in [3.8, 4) is 22.3 Å². The lowest BCUT2D eigenvalue weighted by atomic mass is 9.81. The molecule has 0 aromatic heterocycles. The van der Waals surface area contributed by atoms with Crippen molar-refractivity contribution in [1.29, 1.82) is 0 Å². The van der Waals surface area contributed by atoms with E-state index in [1.54, 1.807) is 0 Å². The third kappa shape index (κ3) is 5.81. The van der Waals surface area contributed by atoms with Crippen LogP contribution in [0.2, 0.25) is 0 Å². The Hall–Kier alpha value is -5.94. The van der Waals surface area contributed by atoms with Crippen LogP contribution in [-0.2, 0) is 5.41 Å². The fourth-order valence-corrected chi connectivity index (χ4v) is 11.2. The summed E-state index contributed by atoms with van der Waals surface area (Å²) in [6, 6.07) is 58.2. The Morgan fingerprint density at radius 2 is 1.04 bits per heavy atom. The van der Waals surface area contributed by atoms with Gasteiger partial charge >= 0.3 is 0 Å². The fourth-order valence-electron chi connectivity index (χ4n) is 8.98. The maximum Gasteiger partial charge on any atom is 0.0601 e. The Balaban J connectivity index is 0.834. The normalized spacial score (nSPS) is 15.8. The van der Waals surface area contributed by atoms with Crippen LogP contribution in [0.5, 0.6) is 0 Å². The van der Waals surface area contributed by atoms with Crippen molar-refractivity contribution >= 4 is 64.1 Å². The van der Waals surface area contributed by atoms with Gasteiger partial charge in [0, 0.05) is 42.1 Å². The van der Waals surface area contributed by atoms with E-state index in [0.717, 1.165) is 12.8 Å². The molecule has 274 valence electrons. The third-order valence-corrected chi connectivity index (χ3v) is 14.2. The van der Waals surface area contributed by atoms with Gasteiger partial charge in [-0.2, -0.15) is 0 Å². The van der Waals surface area contributed by atoms with Gasteiger partial charge in [0.15, 0.2) is 0 Å². The summed E-state index contributed by atoms with van der Waals surface area (Å²) in [5.74, 6) is 0. The molecule has 2 nitrogen and oxygen atoms in total. The zero-order valence-electron chi connectivity index (χ0n) is 31.9. The molecule has 0 unspecified atom stereocenters. The lowest BCUT2D eigenvalue weighted by Gasteiger charge is -2.36. The minimum Gasteiger partial charge on any atom is -0.312 e. The molecule has 2 aliphatic heterocycles. The van der Waals surface area contributed by atoms with Crippen LogP contribution in [0.4, 0.5) is 28.4 Å². The minimum atomic E-state index is -0.116. The Labute approximate surface area is 343 Å². The van der Waals surface area contributed by atoms with Crippen LogP contribution >= 0.6 is 23.5 Å². The Kier molecular flexibility index (Phi) is 8.20. The zero-order valence-corrected chi connectivity index (χ0v) is 33.6. The lowest BCUT2D eigenvalue weighted by Crippen LogP contribution is -2.23. The molecule has 0 atom stereocenters. The van der Waals surface area contributed by atoms with Gasteiger partial charge in [-0.15, -0.1) is 0 Å². The summed E-state index contributed by atoms with van der Waals surface area (Å²) in [5.41, 5.74) is 17.8. The van der Waals surface area contributed by atoms with Crippen LogP contribution in [0.3, 0.4) is 0 Å². The molecule has 4 aliphatic rings. The van der Waals surface area contributed by atoms with Gasteiger partial charge in [0.1, 0.15) is 0 Å². The molecule has 7 aromatic rings. The standard InChI is InChI=1S/C53H40N2S2/c1-53(2)43-33-36(23-31-41(43)42-32-30-40(34-44(42)53)55-47-13-5-9-17-51(47)57-52-18-10-6-14-48(52)55)20-19-35-21-24-37(25-22-35)38-26-28-39(29-27-38)54-45-11-3-7-15-49(45)56-50-16-8-4-12-46(50)54/h3-5,7-13,15-34H,6,14H2,1-2H3. The van der Waals surface area contributed by atoms with E-state index in [4.69, 9.17) is 0 Å². The molecule has 4 heteroatoms. The SMILES string of the molecule is CC1(C)c2cc(C=Cc3ccc(-c4ccc(N5c6ccccc6Sc6ccccc65)cc4)cc3)ccc2-c2ccc(N3C4=C(C=CCC4)Sc4ccccc43)cc21. The van der Waals surface area contributed by atoms with E-state index in [9.17, 15) is 0 Å². The average molecular weight is 769 g/mol. The molecule has 0 bridgehead atoms. The number of fused-ring (bicyclic) bond motifs is 6. The van der Waals surface area contributed by atoms with Crippen LogP contribution in [0.25, 0.3) is 34.4 Å². The molecule has 11 rings (SSSR count). The summed E-state index contributed by atoms with van der Waals surface area (Å²) >= 11 is 3.74. The van der Waals surface area contributed by atoms with E-state index >= 15 is 0 Å². The summed E-state index contributed by atoms with van der Waals surface area (Å²) in [5, 5.41) is 0. The third-order valence-electron chi connectivity index (χ3n) is 11.9. The smallest absolute Gasteiger partial charge is 0.0601 e. The van der Waals surface area contributed by atoms with Crippen LogP contribution in [0, 0.1) is 0 Å². The first-order chi connectivity index (χ1) is 28.0. The number of benzene rings is 7. The summed E-state index contributed by atoms with van der Waals surface area (Å²) in [4.78, 5) is 10.1. The number of anilines is 5. The first kappa shape index (κ1) is 34.3. The van der Waals surface area contributed by atoms with Crippen molar-refractivity contribution in [1.82, 2.24) is 0 Å². The lowest BCUT2D eigenvalue weighted by molar-refractivity contribution is 0.660. The second-order valence-corrected chi connectivity index (χ2v) is 17.9. The van der Waals surface area contributed by atoms with Gasteiger partial charge in [-0.1, -0.05) is 159 Å². The van der Waals surface area contributed by atoms with Crippen molar-refractivity contribution in [3.05, 3.63) is 203 Å². The molecule has 0 radical (unpaired) electrons. The molecule has 0 N–H and O–H groups in total. The molecule has 0 fully saturated rings. The molecule has 2 aliphatic carbocycles. The number of rotatable bonds is 5. The quantitative estimate of drug-likeness (QED) is 0.161. The van der Waals surface area contributed by atoms with Crippen molar-refractivity contribution in [2.45, 2.75) is 46.8 Å². The number of hydrogen-bond acceptors (Lipinski definition) is 4. The Morgan fingerprint density at radius 3 is 1.72 bits per heavy atom. The van der Waals surface area contributed by atoms with Gasteiger partial charge in [-0.05, 0) is 118 Å². The van der Waals surface area contributed by atoms with E-state index in [0.29, 0.717) is 0 Å². The number of nitrogens with zero attached hydrogens (tertiary/aromatic N) is 2. The zero-order chi connectivity index (χ0) is 38.1. The topological polar surface area (TPSA) is 6.48 Å². The number of para-hydroxylation sites is 3. The first-order valence-electron chi connectivity index (χ1n) is 19.8. The highest BCUT2D eigenvalue weighted by atomic mass is 32.2. The molecule has 57 heavy (non-hydrogen) atoms. The summed E-state index contributed by atoms with van der Waals surface area (Å²) in [6.45, 7) is 4.77. The van der Waals surface area contributed by atoms with Gasteiger partial charge in [0.05, 0.1) is 17.1 Å². The first-order valence-corrected chi connectivity index (χ1v) is 21.4. The van der Waals surface area contributed by atoms with Crippen molar-refractivity contribution in [3.63, 3.8) is 0 Å². The maximum absolute atomic E-state index is 2.52. The van der Waals surface area contributed by atoms with E-state index in [1.807, 2.05) is 23.5 Å². The molecular formula is C53H40N2S2. The molecule has 0 saturated carbocycles. The second-order valence-electron chi connectivity index (χ2n) is 15.7. The highest BCUT2D eigenvalue weighted by molar-refractivity contribution is 8.03. The molecule has 0 spiro atoms.